The maximum absolute atomic E-state index is 11.6. The van der Waals surface area contributed by atoms with E-state index in [1.807, 2.05) is 0 Å². The molecule has 2 nitrogen and oxygen atoms in total. The lowest BCUT2D eigenvalue weighted by molar-refractivity contribution is -0.125. The molecular weight excluding hydrogens is 152 g/mol. The number of Topliss-reactive ketones (excluding diaryl/α,β-unsaturated/α-hetero) is 1. The Hall–Kier alpha value is -0.370. The average molecular weight is 168 g/mol. The van der Waals surface area contributed by atoms with Crippen molar-refractivity contribution in [1.29, 1.82) is 0 Å². The van der Waals surface area contributed by atoms with Crippen molar-refractivity contribution in [3.8, 4) is 0 Å². The zero-order valence-electron chi connectivity index (χ0n) is 7.92. The van der Waals surface area contributed by atoms with Gasteiger partial charge in [-0.15, -0.1) is 0 Å². The molecule has 1 N–H and O–H groups in total. The molecule has 0 aliphatic heterocycles. The second-order valence-corrected chi connectivity index (χ2v) is 4.91. The molecule has 12 heavy (non-hydrogen) atoms. The number of carbonyl (C=O) groups is 1. The molecule has 0 aromatic carbocycles. The Morgan fingerprint density at radius 1 is 1.58 bits per heavy atom. The molecule has 0 radical (unpaired) electrons. The summed E-state index contributed by atoms with van der Waals surface area (Å²) in [6, 6.07) is 0. The second-order valence-electron chi connectivity index (χ2n) is 4.91. The number of rotatable bonds is 1. The Morgan fingerprint density at radius 2 is 2.17 bits per heavy atom. The van der Waals surface area contributed by atoms with Gasteiger partial charge >= 0.3 is 0 Å². The van der Waals surface area contributed by atoms with Crippen molar-refractivity contribution >= 4 is 5.78 Å². The van der Waals surface area contributed by atoms with E-state index in [4.69, 9.17) is 0 Å². The highest BCUT2D eigenvalue weighted by molar-refractivity contribution is 5.92. The van der Waals surface area contributed by atoms with Gasteiger partial charge in [0.15, 0.2) is 0 Å². The molecule has 2 saturated carbocycles. The third-order valence-electron chi connectivity index (χ3n) is 3.82. The Bertz CT molecular complexity index is 242. The Morgan fingerprint density at radius 3 is 2.33 bits per heavy atom. The molecule has 0 spiro atoms. The van der Waals surface area contributed by atoms with Crippen LogP contribution < -0.4 is 0 Å². The van der Waals surface area contributed by atoms with Gasteiger partial charge < -0.3 is 5.11 Å². The summed E-state index contributed by atoms with van der Waals surface area (Å²) in [6.45, 7) is 5.96. The highest BCUT2D eigenvalue weighted by Crippen LogP contribution is 2.68. The molecule has 0 amide bonds. The lowest BCUT2D eigenvalue weighted by Crippen LogP contribution is -2.24. The third-order valence-corrected chi connectivity index (χ3v) is 3.82. The number of hydrogen-bond donors (Lipinski definition) is 1. The van der Waals surface area contributed by atoms with E-state index < -0.39 is 5.60 Å². The standard InChI is InChI=1S/C10H16O2/c1-6(2)10-4-7(10)9(3,12)5-8(10)11/h6-7,12H,4-5H2,1-3H3. The Kier molecular flexibility index (Phi) is 1.32. The van der Waals surface area contributed by atoms with Crippen LogP contribution in [0.5, 0.6) is 0 Å². The van der Waals surface area contributed by atoms with Gasteiger partial charge in [-0.2, -0.15) is 0 Å². The predicted octanol–water partition coefficient (Wildman–Crippen LogP) is 1.37. The van der Waals surface area contributed by atoms with Crippen LogP contribution in [-0.4, -0.2) is 16.5 Å². The van der Waals surface area contributed by atoms with Crippen molar-refractivity contribution in [3.63, 3.8) is 0 Å². The van der Waals surface area contributed by atoms with E-state index in [0.717, 1.165) is 6.42 Å². The van der Waals surface area contributed by atoms with Crippen molar-refractivity contribution < 1.29 is 9.90 Å². The highest BCUT2D eigenvalue weighted by atomic mass is 16.3. The summed E-state index contributed by atoms with van der Waals surface area (Å²) in [4.78, 5) is 11.6. The fraction of sp³-hybridized carbons (Fsp3) is 0.900. The zero-order chi connectivity index (χ0) is 9.15. The average Bonchev–Trinajstić information content (AvgIpc) is 2.55. The minimum absolute atomic E-state index is 0.135. The first-order valence-electron chi connectivity index (χ1n) is 4.67. The molecule has 0 aromatic rings. The van der Waals surface area contributed by atoms with Crippen LogP contribution >= 0.6 is 0 Å². The molecule has 3 atom stereocenters. The molecule has 0 aromatic heterocycles. The number of aliphatic hydroxyl groups is 1. The molecule has 2 heteroatoms. The van der Waals surface area contributed by atoms with E-state index in [2.05, 4.69) is 13.8 Å². The van der Waals surface area contributed by atoms with Crippen LogP contribution in [0, 0.1) is 17.3 Å². The van der Waals surface area contributed by atoms with Gasteiger partial charge in [0.25, 0.3) is 0 Å². The van der Waals surface area contributed by atoms with Gasteiger partial charge in [-0.3, -0.25) is 4.79 Å². The Labute approximate surface area is 73.0 Å². The highest BCUT2D eigenvalue weighted by Gasteiger charge is 2.72. The fourth-order valence-corrected chi connectivity index (χ4v) is 2.93. The molecule has 68 valence electrons. The molecule has 0 bridgehead atoms. The topological polar surface area (TPSA) is 37.3 Å². The second kappa shape index (κ2) is 1.92. The number of carbonyl (C=O) groups excluding carboxylic acids is 1. The summed E-state index contributed by atoms with van der Waals surface area (Å²) in [5.41, 5.74) is -0.842. The number of hydrogen-bond acceptors (Lipinski definition) is 2. The monoisotopic (exact) mass is 168 g/mol. The molecular formula is C10H16O2. The van der Waals surface area contributed by atoms with Gasteiger partial charge in [-0.05, 0) is 19.3 Å². The molecule has 3 unspecified atom stereocenters. The van der Waals surface area contributed by atoms with E-state index in [1.165, 1.54) is 0 Å². The van der Waals surface area contributed by atoms with E-state index in [9.17, 15) is 9.90 Å². The van der Waals surface area contributed by atoms with E-state index in [1.54, 1.807) is 6.92 Å². The summed E-state index contributed by atoms with van der Waals surface area (Å²) in [5, 5.41) is 9.87. The van der Waals surface area contributed by atoms with E-state index in [0.29, 0.717) is 12.3 Å². The smallest absolute Gasteiger partial charge is 0.142 e. The van der Waals surface area contributed by atoms with Crippen LogP contribution in [0.4, 0.5) is 0 Å². The van der Waals surface area contributed by atoms with Crippen LogP contribution in [0.2, 0.25) is 0 Å². The van der Waals surface area contributed by atoms with Crippen molar-refractivity contribution in [1.82, 2.24) is 0 Å². The third kappa shape index (κ3) is 0.717. The van der Waals surface area contributed by atoms with Crippen LogP contribution in [0.3, 0.4) is 0 Å². The van der Waals surface area contributed by atoms with Gasteiger partial charge in [-0.25, -0.2) is 0 Å². The largest absolute Gasteiger partial charge is 0.389 e. The summed E-state index contributed by atoms with van der Waals surface area (Å²) >= 11 is 0. The molecule has 2 aliphatic rings. The van der Waals surface area contributed by atoms with Crippen molar-refractivity contribution in [3.05, 3.63) is 0 Å². The van der Waals surface area contributed by atoms with Crippen LogP contribution in [0.15, 0.2) is 0 Å². The van der Waals surface area contributed by atoms with Gasteiger partial charge in [0.05, 0.1) is 5.60 Å². The minimum Gasteiger partial charge on any atom is -0.389 e. The summed E-state index contributed by atoms with van der Waals surface area (Å²) in [5.74, 6) is 0.925. The van der Waals surface area contributed by atoms with Crippen LogP contribution in [0.25, 0.3) is 0 Å². The summed E-state index contributed by atoms with van der Waals surface area (Å²) in [6.07, 6.45) is 1.28. The van der Waals surface area contributed by atoms with Gasteiger partial charge in [0.1, 0.15) is 5.78 Å². The maximum atomic E-state index is 11.6. The lowest BCUT2D eigenvalue weighted by Gasteiger charge is -2.15. The molecule has 0 heterocycles. The lowest BCUT2D eigenvalue weighted by atomic mass is 9.89. The summed E-state index contributed by atoms with van der Waals surface area (Å²) < 4.78 is 0. The number of ketones is 1. The van der Waals surface area contributed by atoms with E-state index in [-0.39, 0.29) is 17.1 Å². The zero-order valence-corrected chi connectivity index (χ0v) is 7.92. The molecule has 2 fully saturated rings. The van der Waals surface area contributed by atoms with Gasteiger partial charge in [0, 0.05) is 17.8 Å². The normalized spacial score (nSPS) is 51.4. The van der Waals surface area contributed by atoms with Crippen LogP contribution in [-0.2, 0) is 4.79 Å². The fourth-order valence-electron chi connectivity index (χ4n) is 2.93. The first-order chi connectivity index (χ1) is 5.41. The molecule has 2 rings (SSSR count). The van der Waals surface area contributed by atoms with Gasteiger partial charge in [0.2, 0.25) is 0 Å². The first kappa shape index (κ1) is 8.24. The first-order valence-corrected chi connectivity index (χ1v) is 4.67. The Balaban J connectivity index is 2.31. The minimum atomic E-state index is -0.707. The quantitative estimate of drug-likeness (QED) is 0.642. The summed E-state index contributed by atoms with van der Waals surface area (Å²) in [7, 11) is 0. The maximum Gasteiger partial charge on any atom is 0.142 e. The number of fused-ring (bicyclic) bond motifs is 1. The van der Waals surface area contributed by atoms with E-state index >= 15 is 0 Å². The molecule has 2 aliphatic carbocycles. The van der Waals surface area contributed by atoms with Crippen molar-refractivity contribution in [2.75, 3.05) is 0 Å². The van der Waals surface area contributed by atoms with Crippen molar-refractivity contribution in [2.24, 2.45) is 17.3 Å². The SMILES string of the molecule is CC(C)C12CC1C(C)(O)CC2=O. The van der Waals surface area contributed by atoms with Gasteiger partial charge in [-0.1, -0.05) is 13.8 Å². The van der Waals surface area contributed by atoms with Crippen LogP contribution in [0.1, 0.15) is 33.6 Å². The van der Waals surface area contributed by atoms with Crippen molar-refractivity contribution in [2.45, 2.75) is 39.2 Å². The molecule has 0 saturated heterocycles. The predicted molar refractivity (Wildman–Crippen MR) is 45.6 cm³/mol.